The fraction of sp³-hybridized carbons (Fsp3) is 0.143. The fourth-order valence-electron chi connectivity index (χ4n) is 7.82. The Morgan fingerprint density at radius 3 is 1.98 bits per heavy atom. The summed E-state index contributed by atoms with van der Waals surface area (Å²) in [6, 6.07) is 61.3. The second-order valence-electron chi connectivity index (χ2n) is 13.2. The first kappa shape index (κ1) is 33.6. The van der Waals surface area contributed by atoms with Crippen molar-refractivity contribution in [3.05, 3.63) is 193 Å². The lowest BCUT2D eigenvalue weighted by atomic mass is 9.64. The number of hydrogen-bond donors (Lipinski definition) is 1. The summed E-state index contributed by atoms with van der Waals surface area (Å²) in [5.41, 5.74) is 16.8. The van der Waals surface area contributed by atoms with E-state index in [-0.39, 0.29) is 5.92 Å². The topological polar surface area (TPSA) is 30.9 Å². The molecule has 0 saturated heterocycles. The highest BCUT2D eigenvalue weighted by Crippen LogP contribution is 2.45. The van der Waals surface area contributed by atoms with Gasteiger partial charge in [-0.05, 0) is 74.8 Å². The van der Waals surface area contributed by atoms with Crippen LogP contribution in [-0.4, -0.2) is 4.57 Å². The minimum Gasteiger partial charge on any atom is -0.398 e. The summed E-state index contributed by atoms with van der Waals surface area (Å²) >= 11 is 0. The second kappa shape index (κ2) is 14.5. The molecule has 0 bridgehead atoms. The van der Waals surface area contributed by atoms with E-state index in [1.54, 1.807) is 0 Å². The normalized spacial score (nSPS) is 13.5. The molecule has 2 N–H and O–H groups in total. The third-order valence-electron chi connectivity index (χ3n) is 10.5. The van der Waals surface area contributed by atoms with Gasteiger partial charge in [0.1, 0.15) is 0 Å². The standard InChI is InChI=1S/C47H40N2.C2H6/c1-3-33(2)47(38-21-11-6-12-22-38,32-43(48)36-19-9-5-10-20-36)39-23-15-24-40(31-39)49-44-29-27-35-18-13-14-25-41(35)46(44)42-28-26-37(30-45(42)49)34-16-7-4-8-17-34;1-2/h4-33H,3,48H2,1-2H3;1-2H3/b43-32-;. The fourth-order valence-corrected chi connectivity index (χ4v) is 7.82. The lowest BCUT2D eigenvalue weighted by Gasteiger charge is -2.39. The van der Waals surface area contributed by atoms with E-state index in [0.717, 1.165) is 23.4 Å². The Hall–Kier alpha value is -5.86. The molecule has 0 aliphatic rings. The SMILES string of the molecule is CC.CCC(C)C(/C=C(\N)c1ccccc1)(c1ccccc1)c1cccc(-n2c3cc(-c4ccccc4)ccc3c3c4ccccc4ccc32)c1. The van der Waals surface area contributed by atoms with E-state index in [1.165, 1.54) is 54.8 Å². The van der Waals surface area contributed by atoms with Crippen LogP contribution < -0.4 is 5.73 Å². The van der Waals surface area contributed by atoms with Crippen LogP contribution in [0.5, 0.6) is 0 Å². The van der Waals surface area contributed by atoms with Crippen molar-refractivity contribution in [3.8, 4) is 16.8 Å². The molecule has 2 unspecified atom stereocenters. The Bertz CT molecular complexity index is 2440. The molecule has 1 aromatic heterocycles. The van der Waals surface area contributed by atoms with Gasteiger partial charge >= 0.3 is 0 Å². The summed E-state index contributed by atoms with van der Waals surface area (Å²) in [6.07, 6.45) is 3.30. The second-order valence-corrected chi connectivity index (χ2v) is 13.2. The van der Waals surface area contributed by atoms with E-state index >= 15 is 0 Å². The van der Waals surface area contributed by atoms with Gasteiger partial charge in [-0.25, -0.2) is 0 Å². The Labute approximate surface area is 302 Å². The van der Waals surface area contributed by atoms with Crippen LogP contribution in [-0.2, 0) is 5.41 Å². The number of rotatable bonds is 8. The van der Waals surface area contributed by atoms with Crippen LogP contribution in [0.3, 0.4) is 0 Å². The number of nitrogens with zero attached hydrogens (tertiary/aromatic N) is 1. The highest BCUT2D eigenvalue weighted by Gasteiger charge is 2.38. The monoisotopic (exact) mass is 662 g/mol. The van der Waals surface area contributed by atoms with E-state index in [9.17, 15) is 0 Å². The molecule has 0 saturated carbocycles. The predicted molar refractivity (Wildman–Crippen MR) is 220 cm³/mol. The first-order valence-electron chi connectivity index (χ1n) is 18.3. The number of fused-ring (bicyclic) bond motifs is 5. The van der Waals surface area contributed by atoms with Gasteiger partial charge in [0, 0.05) is 27.6 Å². The van der Waals surface area contributed by atoms with Crippen molar-refractivity contribution in [3.63, 3.8) is 0 Å². The van der Waals surface area contributed by atoms with Gasteiger partial charge in [0.2, 0.25) is 0 Å². The maximum Gasteiger partial charge on any atom is 0.0547 e. The Morgan fingerprint density at radius 1 is 0.608 bits per heavy atom. The zero-order chi connectivity index (χ0) is 35.4. The van der Waals surface area contributed by atoms with Gasteiger partial charge in [0.25, 0.3) is 0 Å². The van der Waals surface area contributed by atoms with Gasteiger partial charge in [0.15, 0.2) is 0 Å². The van der Waals surface area contributed by atoms with Crippen molar-refractivity contribution < 1.29 is 0 Å². The molecular weight excluding hydrogens is 617 g/mol. The van der Waals surface area contributed by atoms with Crippen molar-refractivity contribution in [1.29, 1.82) is 0 Å². The van der Waals surface area contributed by atoms with Crippen LogP contribution in [0.15, 0.2) is 176 Å². The third kappa shape index (κ3) is 6.02. The molecule has 0 amide bonds. The summed E-state index contributed by atoms with van der Waals surface area (Å²) in [4.78, 5) is 0. The van der Waals surface area contributed by atoms with Crippen LogP contribution in [0.4, 0.5) is 0 Å². The Morgan fingerprint density at radius 2 is 1.25 bits per heavy atom. The molecule has 7 aromatic carbocycles. The van der Waals surface area contributed by atoms with Crippen molar-refractivity contribution in [2.75, 3.05) is 0 Å². The third-order valence-corrected chi connectivity index (χ3v) is 10.5. The molecule has 0 fully saturated rings. The van der Waals surface area contributed by atoms with E-state index in [2.05, 4.69) is 188 Å². The molecule has 2 atom stereocenters. The Balaban J connectivity index is 0.00000200. The summed E-state index contributed by atoms with van der Waals surface area (Å²) < 4.78 is 2.46. The van der Waals surface area contributed by atoms with E-state index < -0.39 is 5.41 Å². The van der Waals surface area contributed by atoms with Gasteiger partial charge in [-0.3, -0.25) is 0 Å². The summed E-state index contributed by atoms with van der Waals surface area (Å²) in [5.74, 6) is 0.263. The molecule has 8 rings (SSSR count). The number of benzene rings is 7. The number of nitrogens with two attached hydrogens (primary N) is 1. The van der Waals surface area contributed by atoms with Gasteiger partial charge in [0.05, 0.1) is 11.0 Å². The summed E-state index contributed by atoms with van der Waals surface area (Å²) in [7, 11) is 0. The Kier molecular flexibility index (Phi) is 9.59. The lowest BCUT2D eigenvalue weighted by Crippen LogP contribution is -2.34. The van der Waals surface area contributed by atoms with Crippen molar-refractivity contribution >= 4 is 38.3 Å². The zero-order valence-corrected chi connectivity index (χ0v) is 30.1. The first-order valence-corrected chi connectivity index (χ1v) is 18.3. The van der Waals surface area contributed by atoms with Gasteiger partial charge in [-0.1, -0.05) is 180 Å². The molecule has 2 heteroatoms. The average Bonchev–Trinajstić information content (AvgIpc) is 3.55. The van der Waals surface area contributed by atoms with Crippen LogP contribution in [0.25, 0.3) is 55.1 Å². The first-order chi connectivity index (χ1) is 25.1. The molecular formula is C49H46N2. The minimum absolute atomic E-state index is 0.263. The predicted octanol–water partition coefficient (Wildman–Crippen LogP) is 13.0. The highest BCUT2D eigenvalue weighted by molar-refractivity contribution is 6.21. The van der Waals surface area contributed by atoms with Crippen molar-refractivity contribution in [2.45, 2.75) is 39.5 Å². The molecule has 0 aliphatic carbocycles. The quantitative estimate of drug-likeness (QED) is 0.172. The number of hydrogen-bond acceptors (Lipinski definition) is 1. The highest BCUT2D eigenvalue weighted by atomic mass is 15.0. The zero-order valence-electron chi connectivity index (χ0n) is 30.1. The molecule has 0 spiro atoms. The molecule has 51 heavy (non-hydrogen) atoms. The number of aromatic nitrogens is 1. The average molecular weight is 663 g/mol. The summed E-state index contributed by atoms with van der Waals surface area (Å²) in [6.45, 7) is 8.63. The molecule has 2 nitrogen and oxygen atoms in total. The number of allylic oxidation sites excluding steroid dienone is 1. The van der Waals surface area contributed by atoms with Gasteiger partial charge < -0.3 is 10.3 Å². The van der Waals surface area contributed by atoms with Crippen LogP contribution in [0.1, 0.15) is 50.8 Å². The van der Waals surface area contributed by atoms with Gasteiger partial charge in [-0.2, -0.15) is 0 Å². The largest absolute Gasteiger partial charge is 0.398 e. The van der Waals surface area contributed by atoms with Crippen molar-refractivity contribution in [1.82, 2.24) is 4.57 Å². The molecule has 0 aliphatic heterocycles. The van der Waals surface area contributed by atoms with Crippen LogP contribution in [0, 0.1) is 5.92 Å². The molecule has 1 heterocycles. The van der Waals surface area contributed by atoms with Crippen LogP contribution >= 0.6 is 0 Å². The lowest BCUT2D eigenvalue weighted by molar-refractivity contribution is 0.404. The van der Waals surface area contributed by atoms with Gasteiger partial charge in [-0.15, -0.1) is 0 Å². The smallest absolute Gasteiger partial charge is 0.0547 e. The minimum atomic E-state index is -0.466. The summed E-state index contributed by atoms with van der Waals surface area (Å²) in [5, 5.41) is 5.05. The van der Waals surface area contributed by atoms with Crippen LogP contribution in [0.2, 0.25) is 0 Å². The van der Waals surface area contributed by atoms with E-state index in [1.807, 2.05) is 19.9 Å². The molecule has 8 aromatic rings. The van der Waals surface area contributed by atoms with E-state index in [0.29, 0.717) is 0 Å². The molecule has 0 radical (unpaired) electrons. The van der Waals surface area contributed by atoms with E-state index in [4.69, 9.17) is 5.73 Å². The van der Waals surface area contributed by atoms with Crippen molar-refractivity contribution in [2.24, 2.45) is 11.7 Å². The maximum atomic E-state index is 7.01. The maximum absolute atomic E-state index is 7.01. The molecule has 252 valence electrons.